The molecule has 1 fully saturated rings. The molecule has 0 saturated carbocycles. The van der Waals surface area contributed by atoms with Crippen molar-refractivity contribution in [3.8, 4) is 0 Å². The Morgan fingerprint density at radius 3 is 2.00 bits per heavy atom. The van der Waals surface area contributed by atoms with Crippen LogP contribution in [0.5, 0.6) is 0 Å². The molecule has 1 aliphatic heterocycles. The first-order valence-corrected chi connectivity index (χ1v) is 10.6. The largest absolute Gasteiger partial charge is 0.334 e. The molecule has 1 saturated heterocycles. The Morgan fingerprint density at radius 1 is 0.867 bits per heavy atom. The smallest absolute Gasteiger partial charge is 0.319 e. The SMILES string of the molecule is Cc1ccc(C(c2ccc(C)cc2)[C@H]2C[C@@H](NC(=O)Nc3ccccc3)CN2)cc1. The third-order valence-electron chi connectivity index (χ3n) is 5.81. The van der Waals surface area contributed by atoms with Gasteiger partial charge >= 0.3 is 6.03 Å². The van der Waals surface area contributed by atoms with Crippen molar-refractivity contribution < 1.29 is 4.79 Å². The molecule has 4 rings (SSSR count). The number of aryl methyl sites for hydroxylation is 2. The third-order valence-corrected chi connectivity index (χ3v) is 5.81. The van der Waals surface area contributed by atoms with Gasteiger partial charge in [0.2, 0.25) is 0 Å². The number of para-hydroxylation sites is 1. The highest BCUT2D eigenvalue weighted by molar-refractivity contribution is 5.89. The van der Waals surface area contributed by atoms with Gasteiger partial charge in [-0.05, 0) is 43.5 Å². The van der Waals surface area contributed by atoms with Crippen LogP contribution in [0.2, 0.25) is 0 Å². The van der Waals surface area contributed by atoms with Crippen LogP contribution in [0.3, 0.4) is 0 Å². The zero-order valence-corrected chi connectivity index (χ0v) is 17.6. The van der Waals surface area contributed by atoms with Gasteiger partial charge < -0.3 is 16.0 Å². The molecule has 4 nitrogen and oxygen atoms in total. The third kappa shape index (κ3) is 4.89. The van der Waals surface area contributed by atoms with Crippen molar-refractivity contribution >= 4 is 11.7 Å². The summed E-state index contributed by atoms with van der Waals surface area (Å²) >= 11 is 0. The van der Waals surface area contributed by atoms with E-state index in [1.165, 1.54) is 22.3 Å². The van der Waals surface area contributed by atoms with Gasteiger partial charge in [-0.2, -0.15) is 0 Å². The van der Waals surface area contributed by atoms with Crippen LogP contribution in [-0.4, -0.2) is 24.7 Å². The minimum absolute atomic E-state index is 0.0945. The molecular weight excluding hydrogens is 370 g/mol. The van der Waals surface area contributed by atoms with Gasteiger partial charge in [-0.15, -0.1) is 0 Å². The number of urea groups is 1. The number of carbonyl (C=O) groups is 1. The molecule has 1 aliphatic rings. The fourth-order valence-electron chi connectivity index (χ4n) is 4.21. The minimum atomic E-state index is -0.157. The Morgan fingerprint density at radius 2 is 1.43 bits per heavy atom. The molecule has 0 spiro atoms. The van der Waals surface area contributed by atoms with Gasteiger partial charge in [0.05, 0.1) is 0 Å². The Labute approximate surface area is 178 Å². The van der Waals surface area contributed by atoms with Crippen molar-refractivity contribution in [2.45, 2.75) is 38.3 Å². The fourth-order valence-corrected chi connectivity index (χ4v) is 4.21. The van der Waals surface area contributed by atoms with Crippen LogP contribution in [0.4, 0.5) is 10.5 Å². The minimum Gasteiger partial charge on any atom is -0.334 e. The predicted octanol–water partition coefficient (Wildman–Crippen LogP) is 4.99. The molecule has 0 aliphatic carbocycles. The summed E-state index contributed by atoms with van der Waals surface area (Å²) in [6.07, 6.45) is 0.884. The van der Waals surface area contributed by atoms with Gasteiger partial charge in [-0.25, -0.2) is 4.79 Å². The maximum Gasteiger partial charge on any atom is 0.319 e. The van der Waals surface area contributed by atoms with Crippen molar-refractivity contribution in [3.63, 3.8) is 0 Å². The van der Waals surface area contributed by atoms with Crippen LogP contribution < -0.4 is 16.0 Å². The van der Waals surface area contributed by atoms with Gasteiger partial charge in [-0.3, -0.25) is 0 Å². The summed E-state index contributed by atoms with van der Waals surface area (Å²) in [6, 6.07) is 27.3. The molecule has 30 heavy (non-hydrogen) atoms. The zero-order chi connectivity index (χ0) is 20.9. The van der Waals surface area contributed by atoms with Crippen molar-refractivity contribution in [1.82, 2.24) is 10.6 Å². The van der Waals surface area contributed by atoms with Gasteiger partial charge in [0, 0.05) is 30.2 Å². The second-order valence-electron chi connectivity index (χ2n) is 8.21. The van der Waals surface area contributed by atoms with E-state index in [0.717, 1.165) is 18.7 Å². The van der Waals surface area contributed by atoms with E-state index < -0.39 is 0 Å². The second kappa shape index (κ2) is 9.14. The van der Waals surface area contributed by atoms with E-state index in [1.54, 1.807) is 0 Å². The second-order valence-corrected chi connectivity index (χ2v) is 8.21. The number of hydrogen-bond donors (Lipinski definition) is 3. The molecule has 2 amide bonds. The number of rotatable bonds is 5. The first-order chi connectivity index (χ1) is 14.6. The molecule has 154 valence electrons. The molecule has 0 unspecified atom stereocenters. The molecule has 3 aromatic rings. The van der Waals surface area contributed by atoms with Crippen LogP contribution in [-0.2, 0) is 0 Å². The van der Waals surface area contributed by atoms with E-state index in [9.17, 15) is 4.79 Å². The van der Waals surface area contributed by atoms with Crippen molar-refractivity contribution in [1.29, 1.82) is 0 Å². The molecule has 0 aromatic heterocycles. The number of benzene rings is 3. The summed E-state index contributed by atoms with van der Waals surface area (Å²) in [5.74, 6) is 0.246. The summed E-state index contributed by atoms with van der Waals surface area (Å²) in [4.78, 5) is 12.4. The lowest BCUT2D eigenvalue weighted by atomic mass is 9.83. The molecule has 0 radical (unpaired) electrons. The number of amides is 2. The molecule has 4 heteroatoms. The molecule has 2 atom stereocenters. The van der Waals surface area contributed by atoms with Crippen molar-refractivity contribution in [2.75, 3.05) is 11.9 Å². The standard InChI is InChI=1S/C26H29N3O/c1-18-8-12-20(13-9-18)25(21-14-10-19(2)11-15-21)24-16-23(17-27-24)29-26(30)28-22-6-4-3-5-7-22/h3-15,23-25,27H,16-17H2,1-2H3,(H2,28,29,30)/t23-,24-/m1/s1. The summed E-state index contributed by atoms with van der Waals surface area (Å²) in [7, 11) is 0. The van der Waals surface area contributed by atoms with Crippen LogP contribution in [0.15, 0.2) is 78.9 Å². The van der Waals surface area contributed by atoms with Gasteiger partial charge in [0.15, 0.2) is 0 Å². The van der Waals surface area contributed by atoms with Crippen molar-refractivity contribution in [3.05, 3.63) is 101 Å². The lowest BCUT2D eigenvalue weighted by Crippen LogP contribution is -2.39. The molecule has 1 heterocycles. The predicted molar refractivity (Wildman–Crippen MR) is 123 cm³/mol. The highest BCUT2D eigenvalue weighted by Crippen LogP contribution is 2.32. The molecular formula is C26H29N3O. The topological polar surface area (TPSA) is 53.2 Å². The first-order valence-electron chi connectivity index (χ1n) is 10.6. The van der Waals surface area contributed by atoms with E-state index in [0.29, 0.717) is 0 Å². The average Bonchev–Trinajstić information content (AvgIpc) is 3.19. The average molecular weight is 400 g/mol. The van der Waals surface area contributed by atoms with E-state index in [-0.39, 0.29) is 24.0 Å². The molecule has 3 aromatic carbocycles. The maximum atomic E-state index is 12.4. The lowest BCUT2D eigenvalue weighted by molar-refractivity contribution is 0.249. The Kier molecular flexibility index (Phi) is 6.15. The highest BCUT2D eigenvalue weighted by atomic mass is 16.2. The number of nitrogens with one attached hydrogen (secondary N) is 3. The maximum absolute atomic E-state index is 12.4. The number of carbonyl (C=O) groups excluding carboxylic acids is 1. The van der Waals surface area contributed by atoms with Crippen LogP contribution in [0, 0.1) is 13.8 Å². The van der Waals surface area contributed by atoms with Crippen LogP contribution in [0.25, 0.3) is 0 Å². The zero-order valence-electron chi connectivity index (χ0n) is 17.6. The highest BCUT2D eigenvalue weighted by Gasteiger charge is 2.33. The first kappa shape index (κ1) is 20.2. The Balaban J connectivity index is 1.47. The Bertz CT molecular complexity index is 922. The van der Waals surface area contributed by atoms with Gasteiger partial charge in [-0.1, -0.05) is 77.9 Å². The van der Waals surface area contributed by atoms with Gasteiger partial charge in [0.1, 0.15) is 0 Å². The number of anilines is 1. The monoisotopic (exact) mass is 399 g/mol. The lowest BCUT2D eigenvalue weighted by Gasteiger charge is -2.25. The van der Waals surface area contributed by atoms with E-state index in [1.807, 2.05) is 30.3 Å². The number of hydrogen-bond acceptors (Lipinski definition) is 2. The van der Waals surface area contributed by atoms with Crippen molar-refractivity contribution in [2.24, 2.45) is 0 Å². The summed E-state index contributed by atoms with van der Waals surface area (Å²) in [5, 5.41) is 9.69. The Hall–Kier alpha value is -3.11. The summed E-state index contributed by atoms with van der Waals surface area (Å²) in [6.45, 7) is 4.99. The molecule has 3 N–H and O–H groups in total. The van der Waals surface area contributed by atoms with E-state index in [2.05, 4.69) is 78.3 Å². The fraction of sp³-hybridized carbons (Fsp3) is 0.269. The van der Waals surface area contributed by atoms with E-state index in [4.69, 9.17) is 0 Å². The van der Waals surface area contributed by atoms with Gasteiger partial charge in [0.25, 0.3) is 0 Å². The normalized spacial score (nSPS) is 18.4. The summed E-state index contributed by atoms with van der Waals surface area (Å²) in [5.41, 5.74) is 5.93. The molecule has 0 bridgehead atoms. The van der Waals surface area contributed by atoms with Crippen LogP contribution in [0.1, 0.15) is 34.6 Å². The summed E-state index contributed by atoms with van der Waals surface area (Å²) < 4.78 is 0. The quantitative estimate of drug-likeness (QED) is 0.566. The van der Waals surface area contributed by atoms with Crippen LogP contribution >= 0.6 is 0 Å². The van der Waals surface area contributed by atoms with E-state index >= 15 is 0 Å².